The molecule has 134 valence electrons. The molecule has 0 aliphatic heterocycles. The van der Waals surface area contributed by atoms with Gasteiger partial charge in [-0.1, -0.05) is 19.3 Å². The van der Waals surface area contributed by atoms with Crippen LogP contribution in [0.5, 0.6) is 0 Å². The van der Waals surface area contributed by atoms with Gasteiger partial charge in [-0.05, 0) is 12.1 Å². The van der Waals surface area contributed by atoms with E-state index in [2.05, 4.69) is 20.6 Å². The van der Waals surface area contributed by atoms with Crippen molar-refractivity contribution < 1.29 is 13.6 Å². The molecule has 0 atom stereocenters. The molecular weight excluding hydrogens is 330 g/mol. The Bertz CT molecular complexity index is 749. The van der Waals surface area contributed by atoms with Gasteiger partial charge in [0.2, 0.25) is 0 Å². The van der Waals surface area contributed by atoms with E-state index in [-0.39, 0.29) is 40.2 Å². The zero-order chi connectivity index (χ0) is 18.4. The zero-order valence-corrected chi connectivity index (χ0v) is 13.7. The summed E-state index contributed by atoms with van der Waals surface area (Å²) >= 11 is 0. The van der Waals surface area contributed by atoms with Crippen LogP contribution in [0.3, 0.4) is 0 Å². The number of alkyl halides is 2. The van der Waals surface area contributed by atoms with Crippen LogP contribution in [-0.2, 0) is 0 Å². The number of nitrogen functional groups attached to an aromatic ring is 2. The molecule has 3 rings (SSSR count). The Morgan fingerprint density at radius 2 is 1.84 bits per heavy atom. The molecule has 1 aliphatic rings. The fraction of sp³-hybridized carbons (Fsp3) is 0.312. The van der Waals surface area contributed by atoms with Gasteiger partial charge < -0.3 is 22.1 Å². The lowest BCUT2D eigenvalue weighted by molar-refractivity contribution is 0.0963. The molecule has 6 N–H and O–H groups in total. The summed E-state index contributed by atoms with van der Waals surface area (Å²) in [5, 5.41) is 5.14. The summed E-state index contributed by atoms with van der Waals surface area (Å²) in [6.45, 7) is 0. The van der Waals surface area contributed by atoms with Crippen molar-refractivity contribution in [3.8, 4) is 0 Å². The number of amides is 1. The van der Waals surface area contributed by atoms with Gasteiger partial charge in [-0.3, -0.25) is 4.79 Å². The number of anilines is 4. The van der Waals surface area contributed by atoms with E-state index in [1.165, 1.54) is 38.6 Å². The first-order valence-corrected chi connectivity index (χ1v) is 7.71. The van der Waals surface area contributed by atoms with Gasteiger partial charge in [0.25, 0.3) is 12.3 Å². The summed E-state index contributed by atoms with van der Waals surface area (Å²) in [7, 11) is 1.47. The second-order valence-corrected chi connectivity index (χ2v) is 5.43. The number of nitrogens with two attached hydrogens (primary N) is 2. The molecule has 0 bridgehead atoms. The third-order valence-corrected chi connectivity index (χ3v) is 3.14. The van der Waals surface area contributed by atoms with Gasteiger partial charge in [-0.2, -0.15) is 0 Å². The Kier molecular flexibility index (Phi) is 6.04. The third-order valence-electron chi connectivity index (χ3n) is 3.14. The largest absolute Gasteiger partial charge is 0.398 e. The molecule has 25 heavy (non-hydrogen) atoms. The number of halogens is 2. The van der Waals surface area contributed by atoms with E-state index in [1.54, 1.807) is 0 Å². The van der Waals surface area contributed by atoms with Crippen molar-refractivity contribution >= 4 is 29.0 Å². The molecule has 1 aliphatic carbocycles. The number of carbonyl (C=O) groups excluding carboxylic acids is 1. The summed E-state index contributed by atoms with van der Waals surface area (Å²) in [5.74, 6) is -0.0627. The van der Waals surface area contributed by atoms with Crippen molar-refractivity contribution in [2.24, 2.45) is 0 Å². The van der Waals surface area contributed by atoms with E-state index in [0.717, 1.165) is 12.1 Å². The first-order valence-electron chi connectivity index (χ1n) is 7.71. The summed E-state index contributed by atoms with van der Waals surface area (Å²) in [6, 6.07) is 3.65. The highest BCUT2D eigenvalue weighted by molar-refractivity contribution is 5.99. The number of rotatable bonds is 4. The molecule has 0 unspecified atom stereocenters. The third kappa shape index (κ3) is 5.55. The van der Waals surface area contributed by atoms with E-state index in [4.69, 9.17) is 11.5 Å². The number of carbonyl (C=O) groups is 1. The van der Waals surface area contributed by atoms with E-state index >= 15 is 0 Å². The maximum absolute atomic E-state index is 12.7. The van der Waals surface area contributed by atoms with E-state index in [0.29, 0.717) is 0 Å². The van der Waals surface area contributed by atoms with Gasteiger partial charge in [0.05, 0.1) is 5.56 Å². The zero-order valence-electron chi connectivity index (χ0n) is 13.7. The fourth-order valence-corrected chi connectivity index (χ4v) is 1.76. The molecule has 1 amide bonds. The number of nitrogens with zero attached hydrogens (tertiary/aromatic N) is 2. The highest BCUT2D eigenvalue weighted by Gasteiger charge is 2.12. The minimum absolute atomic E-state index is 0.0461. The smallest absolute Gasteiger partial charge is 0.264 e. The lowest BCUT2D eigenvalue weighted by Crippen LogP contribution is -2.19. The maximum Gasteiger partial charge on any atom is 0.264 e. The van der Waals surface area contributed by atoms with Crippen LogP contribution in [0.1, 0.15) is 41.6 Å². The SMILES string of the molecule is C1CC1.CNC(=O)c1cnc(Nc2cc(C(F)F)cc(N)n2)cc1N. The lowest BCUT2D eigenvalue weighted by Gasteiger charge is -2.10. The van der Waals surface area contributed by atoms with Gasteiger partial charge in [-0.15, -0.1) is 0 Å². The molecule has 7 nitrogen and oxygen atoms in total. The van der Waals surface area contributed by atoms with Crippen LogP contribution < -0.4 is 22.1 Å². The summed E-state index contributed by atoms with van der Waals surface area (Å²) in [5.41, 5.74) is 11.4. The van der Waals surface area contributed by atoms with Crippen LogP contribution in [0.2, 0.25) is 0 Å². The van der Waals surface area contributed by atoms with Crippen molar-refractivity contribution in [1.82, 2.24) is 15.3 Å². The number of hydrogen-bond donors (Lipinski definition) is 4. The first kappa shape index (κ1) is 18.4. The van der Waals surface area contributed by atoms with Crippen molar-refractivity contribution in [2.75, 3.05) is 23.8 Å². The standard InChI is InChI=1S/C13H14F2N6O.C3H6/c1-18-13(22)7-5-19-10(4-8(7)16)21-11-3-6(12(14)15)2-9(17)20-11;1-2-3-1/h2-5,12H,1H3,(H,18,22)(H5,16,17,19,20,21);1-3H2. The first-order chi connectivity index (χ1) is 11.9. The predicted octanol–water partition coefficient (Wildman–Crippen LogP) is 2.85. The van der Waals surface area contributed by atoms with Gasteiger partial charge in [0.15, 0.2) is 0 Å². The summed E-state index contributed by atoms with van der Waals surface area (Å²) in [4.78, 5) is 19.4. The quantitative estimate of drug-likeness (QED) is 0.673. The Balaban J connectivity index is 0.000000676. The normalized spacial score (nSPS) is 12.2. The van der Waals surface area contributed by atoms with Crippen molar-refractivity contribution in [3.63, 3.8) is 0 Å². The average molecular weight is 350 g/mol. The molecule has 0 saturated heterocycles. The molecule has 0 radical (unpaired) electrons. The lowest BCUT2D eigenvalue weighted by atomic mass is 10.2. The Hall–Kier alpha value is -2.97. The average Bonchev–Trinajstić information content (AvgIpc) is 3.42. The molecule has 0 aromatic carbocycles. The maximum atomic E-state index is 12.7. The molecule has 1 fully saturated rings. The number of hydrogen-bond acceptors (Lipinski definition) is 6. The van der Waals surface area contributed by atoms with Crippen LogP contribution in [-0.4, -0.2) is 22.9 Å². The van der Waals surface area contributed by atoms with E-state index in [9.17, 15) is 13.6 Å². The molecule has 9 heteroatoms. The van der Waals surface area contributed by atoms with Gasteiger partial charge in [-0.25, -0.2) is 18.7 Å². The monoisotopic (exact) mass is 350 g/mol. The van der Waals surface area contributed by atoms with Crippen LogP contribution in [0, 0.1) is 0 Å². The molecule has 2 heterocycles. The van der Waals surface area contributed by atoms with Gasteiger partial charge in [0.1, 0.15) is 17.5 Å². The van der Waals surface area contributed by atoms with Gasteiger partial charge in [0, 0.05) is 30.6 Å². The molecule has 1 saturated carbocycles. The van der Waals surface area contributed by atoms with Crippen LogP contribution in [0.15, 0.2) is 24.4 Å². The van der Waals surface area contributed by atoms with Crippen molar-refractivity contribution in [2.45, 2.75) is 25.7 Å². The second-order valence-electron chi connectivity index (χ2n) is 5.43. The highest BCUT2D eigenvalue weighted by Crippen LogP contribution is 2.25. The second kappa shape index (κ2) is 8.22. The molecule has 2 aromatic rings. The molecular formula is C16H20F2N6O. The minimum atomic E-state index is -2.67. The Morgan fingerprint density at radius 3 is 2.36 bits per heavy atom. The number of nitrogens with one attached hydrogen (secondary N) is 2. The minimum Gasteiger partial charge on any atom is -0.398 e. The Morgan fingerprint density at radius 1 is 1.16 bits per heavy atom. The highest BCUT2D eigenvalue weighted by atomic mass is 19.3. The summed E-state index contributed by atoms with van der Waals surface area (Å²) < 4.78 is 25.4. The van der Waals surface area contributed by atoms with Crippen molar-refractivity contribution in [3.05, 3.63) is 35.5 Å². The molecule has 0 spiro atoms. The van der Waals surface area contributed by atoms with Crippen LogP contribution >= 0.6 is 0 Å². The van der Waals surface area contributed by atoms with Crippen LogP contribution in [0.25, 0.3) is 0 Å². The van der Waals surface area contributed by atoms with E-state index in [1.807, 2.05) is 0 Å². The number of aromatic nitrogens is 2. The fourth-order valence-electron chi connectivity index (χ4n) is 1.76. The summed E-state index contributed by atoms with van der Waals surface area (Å²) in [6.07, 6.45) is 3.11. The predicted molar refractivity (Wildman–Crippen MR) is 92.8 cm³/mol. The molecule has 2 aromatic heterocycles. The van der Waals surface area contributed by atoms with E-state index < -0.39 is 6.43 Å². The number of pyridine rings is 2. The Labute approximate surface area is 143 Å². The van der Waals surface area contributed by atoms with Crippen LogP contribution in [0.4, 0.5) is 31.9 Å². The van der Waals surface area contributed by atoms with Gasteiger partial charge >= 0.3 is 0 Å². The topological polar surface area (TPSA) is 119 Å². The van der Waals surface area contributed by atoms with Crippen molar-refractivity contribution in [1.29, 1.82) is 0 Å².